The highest BCUT2D eigenvalue weighted by molar-refractivity contribution is 7.80. The summed E-state index contributed by atoms with van der Waals surface area (Å²) in [6, 6.07) is 9.62. The number of thiocarbonyl (C=S) groups is 1. The van der Waals surface area contributed by atoms with Gasteiger partial charge in [0, 0.05) is 5.69 Å². The molecule has 0 saturated carbocycles. The first-order chi connectivity index (χ1) is 11.7. The number of esters is 1. The van der Waals surface area contributed by atoms with Crippen LogP contribution >= 0.6 is 12.2 Å². The summed E-state index contributed by atoms with van der Waals surface area (Å²) in [6.45, 7) is 0.733. The lowest BCUT2D eigenvalue weighted by molar-refractivity contribution is -0.150. The second-order valence-corrected chi connectivity index (χ2v) is 6.00. The first-order valence-corrected chi connectivity index (χ1v) is 8.12. The van der Waals surface area contributed by atoms with Crippen LogP contribution in [0.2, 0.25) is 0 Å². The van der Waals surface area contributed by atoms with Crippen LogP contribution in [0.1, 0.15) is 0 Å². The van der Waals surface area contributed by atoms with Crippen molar-refractivity contribution in [3.63, 3.8) is 0 Å². The second-order valence-electron chi connectivity index (χ2n) is 5.59. The number of ether oxygens (including phenoxy) is 4. The Labute approximate surface area is 145 Å². The third-order valence-electron chi connectivity index (χ3n) is 4.00. The van der Waals surface area contributed by atoms with Gasteiger partial charge in [0.1, 0.15) is 24.9 Å². The molecule has 1 aromatic carbocycles. The average molecular weight is 352 g/mol. The minimum absolute atomic E-state index is 0.0644. The minimum atomic E-state index is -0.417. The molecule has 8 heteroatoms. The largest absolute Gasteiger partial charge is 0.467 e. The number of fused-ring (bicyclic) bond motifs is 1. The molecule has 2 N–H and O–H groups in total. The van der Waals surface area contributed by atoms with Gasteiger partial charge in [0.25, 0.3) is 0 Å². The van der Waals surface area contributed by atoms with Crippen LogP contribution in [0.5, 0.6) is 0 Å². The molecule has 1 aromatic rings. The van der Waals surface area contributed by atoms with Crippen LogP contribution in [0.25, 0.3) is 0 Å². The van der Waals surface area contributed by atoms with Crippen molar-refractivity contribution in [2.75, 3.05) is 32.2 Å². The predicted molar refractivity (Wildman–Crippen MR) is 90.8 cm³/mol. The number of rotatable bonds is 5. The molecule has 0 aliphatic carbocycles. The SMILES string of the molecule is COC(=O)COC1COC2C(NC(=S)Nc3ccccc3)COC12. The smallest absolute Gasteiger partial charge is 0.331 e. The average Bonchev–Trinajstić information content (AvgIpc) is 3.16. The number of methoxy groups -OCH3 is 1. The van der Waals surface area contributed by atoms with Crippen molar-refractivity contribution < 1.29 is 23.7 Å². The molecule has 2 aliphatic rings. The number of nitrogens with one attached hydrogen (secondary N) is 2. The monoisotopic (exact) mass is 352 g/mol. The molecule has 0 radical (unpaired) electrons. The quantitative estimate of drug-likeness (QED) is 0.592. The Morgan fingerprint density at radius 1 is 1.25 bits per heavy atom. The van der Waals surface area contributed by atoms with Crippen molar-refractivity contribution in [2.45, 2.75) is 24.4 Å². The van der Waals surface area contributed by atoms with Gasteiger partial charge in [0.15, 0.2) is 5.11 Å². The zero-order valence-electron chi connectivity index (χ0n) is 13.3. The molecule has 2 aliphatic heterocycles. The first-order valence-electron chi connectivity index (χ1n) is 7.71. The summed E-state index contributed by atoms with van der Waals surface area (Å²) in [7, 11) is 1.33. The van der Waals surface area contributed by atoms with Gasteiger partial charge in [-0.3, -0.25) is 0 Å². The highest BCUT2D eigenvalue weighted by Crippen LogP contribution is 2.29. The van der Waals surface area contributed by atoms with Crippen molar-refractivity contribution in [2.24, 2.45) is 0 Å². The van der Waals surface area contributed by atoms with Crippen LogP contribution < -0.4 is 10.6 Å². The molecule has 0 amide bonds. The minimum Gasteiger partial charge on any atom is -0.467 e. The zero-order chi connectivity index (χ0) is 16.9. The highest BCUT2D eigenvalue weighted by atomic mass is 32.1. The van der Waals surface area contributed by atoms with E-state index in [4.69, 9.17) is 26.4 Å². The molecule has 0 bridgehead atoms. The molecule has 2 saturated heterocycles. The molecule has 130 valence electrons. The maximum absolute atomic E-state index is 11.2. The molecular weight excluding hydrogens is 332 g/mol. The molecule has 2 heterocycles. The van der Waals surface area contributed by atoms with Gasteiger partial charge in [-0.15, -0.1) is 0 Å². The molecular formula is C16H20N2O5S. The Morgan fingerprint density at radius 2 is 2.00 bits per heavy atom. The van der Waals surface area contributed by atoms with E-state index < -0.39 is 5.97 Å². The molecule has 4 atom stereocenters. The fraction of sp³-hybridized carbons (Fsp3) is 0.500. The Hall–Kier alpha value is -1.74. The molecule has 4 unspecified atom stereocenters. The summed E-state index contributed by atoms with van der Waals surface area (Å²) in [6.07, 6.45) is -0.661. The van der Waals surface area contributed by atoms with Gasteiger partial charge in [-0.1, -0.05) is 18.2 Å². The summed E-state index contributed by atoms with van der Waals surface area (Å²) in [4.78, 5) is 11.2. The number of hydrogen-bond donors (Lipinski definition) is 2. The maximum Gasteiger partial charge on any atom is 0.331 e. The van der Waals surface area contributed by atoms with Crippen molar-refractivity contribution >= 4 is 29.0 Å². The van der Waals surface area contributed by atoms with E-state index in [9.17, 15) is 4.79 Å². The number of benzene rings is 1. The van der Waals surface area contributed by atoms with E-state index in [0.29, 0.717) is 18.3 Å². The van der Waals surface area contributed by atoms with E-state index in [1.54, 1.807) is 0 Å². The van der Waals surface area contributed by atoms with Gasteiger partial charge < -0.3 is 29.6 Å². The van der Waals surface area contributed by atoms with E-state index in [1.807, 2.05) is 30.3 Å². The fourth-order valence-electron chi connectivity index (χ4n) is 2.82. The summed E-state index contributed by atoms with van der Waals surface area (Å²) in [5.74, 6) is -0.417. The van der Waals surface area contributed by atoms with E-state index in [0.717, 1.165) is 5.69 Å². The Balaban J connectivity index is 1.49. The van der Waals surface area contributed by atoms with Crippen molar-refractivity contribution in [1.29, 1.82) is 0 Å². The number of anilines is 1. The number of hydrogen-bond acceptors (Lipinski definition) is 6. The summed E-state index contributed by atoms with van der Waals surface area (Å²) < 4.78 is 21.6. The molecule has 0 aromatic heterocycles. The van der Waals surface area contributed by atoms with Gasteiger partial charge >= 0.3 is 5.97 Å². The van der Waals surface area contributed by atoms with Crippen LogP contribution in [-0.4, -0.2) is 62.4 Å². The third-order valence-corrected chi connectivity index (χ3v) is 4.22. The van der Waals surface area contributed by atoms with Gasteiger partial charge in [-0.2, -0.15) is 0 Å². The van der Waals surface area contributed by atoms with Crippen molar-refractivity contribution in [3.8, 4) is 0 Å². The van der Waals surface area contributed by atoms with Gasteiger partial charge in [-0.05, 0) is 24.4 Å². The van der Waals surface area contributed by atoms with Crippen LogP contribution in [0, 0.1) is 0 Å². The standard InChI is InChI=1S/C16H20N2O5S/c1-20-13(19)9-21-12-8-23-14-11(7-22-15(12)14)18-16(24)17-10-5-3-2-4-6-10/h2-6,11-12,14-15H,7-9H2,1H3,(H2,17,18,24). The highest BCUT2D eigenvalue weighted by Gasteiger charge is 2.48. The first kappa shape index (κ1) is 17.1. The molecule has 24 heavy (non-hydrogen) atoms. The lowest BCUT2D eigenvalue weighted by atomic mass is 10.1. The summed E-state index contributed by atoms with van der Waals surface area (Å²) in [5.41, 5.74) is 0.914. The summed E-state index contributed by atoms with van der Waals surface area (Å²) in [5, 5.41) is 6.85. The molecule has 3 rings (SSSR count). The van der Waals surface area contributed by atoms with E-state index in [-0.39, 0.29) is 31.0 Å². The predicted octanol–water partition coefficient (Wildman–Crippen LogP) is 0.697. The van der Waals surface area contributed by atoms with Crippen LogP contribution in [-0.2, 0) is 23.7 Å². The summed E-state index contributed by atoms with van der Waals surface area (Å²) >= 11 is 5.34. The topological polar surface area (TPSA) is 78.1 Å². The van der Waals surface area contributed by atoms with E-state index in [1.165, 1.54) is 7.11 Å². The Kier molecular flexibility index (Phi) is 5.62. The maximum atomic E-state index is 11.2. The lowest BCUT2D eigenvalue weighted by Gasteiger charge is -2.19. The lowest BCUT2D eigenvalue weighted by Crippen LogP contribution is -2.46. The van der Waals surface area contributed by atoms with E-state index >= 15 is 0 Å². The van der Waals surface area contributed by atoms with Crippen LogP contribution in [0.3, 0.4) is 0 Å². The Morgan fingerprint density at radius 3 is 2.75 bits per heavy atom. The fourth-order valence-corrected chi connectivity index (χ4v) is 3.09. The molecule has 7 nitrogen and oxygen atoms in total. The van der Waals surface area contributed by atoms with Crippen molar-refractivity contribution in [1.82, 2.24) is 5.32 Å². The van der Waals surface area contributed by atoms with Gasteiger partial charge in [0.2, 0.25) is 0 Å². The van der Waals surface area contributed by atoms with Gasteiger partial charge in [0.05, 0.1) is 26.4 Å². The third kappa shape index (κ3) is 4.02. The number of para-hydroxylation sites is 1. The van der Waals surface area contributed by atoms with Crippen molar-refractivity contribution in [3.05, 3.63) is 30.3 Å². The zero-order valence-corrected chi connectivity index (χ0v) is 14.1. The van der Waals surface area contributed by atoms with Gasteiger partial charge in [-0.25, -0.2) is 4.79 Å². The number of carbonyl (C=O) groups excluding carboxylic acids is 1. The normalized spacial score (nSPS) is 28.2. The second kappa shape index (κ2) is 7.89. The van der Waals surface area contributed by atoms with Crippen LogP contribution in [0.15, 0.2) is 30.3 Å². The number of carbonyl (C=O) groups is 1. The Bertz CT molecular complexity index is 585. The molecule has 0 spiro atoms. The molecule has 2 fully saturated rings. The van der Waals surface area contributed by atoms with E-state index in [2.05, 4.69) is 15.4 Å². The van der Waals surface area contributed by atoms with Crippen LogP contribution in [0.4, 0.5) is 5.69 Å².